The molecule has 2 aromatic rings. The number of amides is 2. The molecule has 0 saturated heterocycles. The van der Waals surface area contributed by atoms with Crippen molar-refractivity contribution in [1.29, 1.82) is 0 Å². The minimum Gasteiger partial charge on any atom is -0.482 e. The molecule has 0 spiro atoms. The lowest BCUT2D eigenvalue weighted by molar-refractivity contribution is -0.133. The van der Waals surface area contributed by atoms with E-state index in [0.717, 1.165) is 22.9 Å². The number of likely N-dealkylation sites (N-methyl/N-ethyl adjacent to an activating group) is 1. The van der Waals surface area contributed by atoms with Gasteiger partial charge in [-0.3, -0.25) is 9.59 Å². The van der Waals surface area contributed by atoms with Crippen LogP contribution in [0.1, 0.15) is 32.3 Å². The van der Waals surface area contributed by atoms with Gasteiger partial charge < -0.3 is 15.0 Å². The SMILES string of the molecule is CCN(CC)C(=O)COc1ccc(NC(=O)C2(c3ccc(Br)cc3)CC2)cc1Cl. The highest BCUT2D eigenvalue weighted by atomic mass is 79.9. The van der Waals surface area contributed by atoms with Crippen LogP contribution >= 0.6 is 27.5 Å². The zero-order chi connectivity index (χ0) is 21.0. The molecule has 0 atom stereocenters. The number of carbonyl (C=O) groups is 2. The van der Waals surface area contributed by atoms with E-state index in [1.807, 2.05) is 38.1 Å². The van der Waals surface area contributed by atoms with Gasteiger partial charge in [0.25, 0.3) is 5.91 Å². The van der Waals surface area contributed by atoms with Crippen LogP contribution in [0.3, 0.4) is 0 Å². The highest BCUT2D eigenvalue weighted by Gasteiger charge is 2.51. The maximum absolute atomic E-state index is 12.9. The fourth-order valence-corrected chi connectivity index (χ4v) is 3.79. The van der Waals surface area contributed by atoms with Crippen molar-refractivity contribution in [1.82, 2.24) is 4.90 Å². The Hall–Kier alpha value is -2.05. The zero-order valence-electron chi connectivity index (χ0n) is 16.5. The van der Waals surface area contributed by atoms with Gasteiger partial charge >= 0.3 is 0 Å². The predicted octanol–water partition coefficient (Wildman–Crippen LogP) is 5.02. The van der Waals surface area contributed by atoms with Crippen molar-refractivity contribution >= 4 is 45.0 Å². The summed E-state index contributed by atoms with van der Waals surface area (Å²) in [5.74, 6) is 0.286. The number of hydrogen-bond acceptors (Lipinski definition) is 3. The van der Waals surface area contributed by atoms with Gasteiger partial charge in [0.15, 0.2) is 6.61 Å². The van der Waals surface area contributed by atoms with E-state index in [2.05, 4.69) is 21.2 Å². The number of rotatable bonds is 8. The van der Waals surface area contributed by atoms with Gasteiger partial charge in [-0.25, -0.2) is 0 Å². The van der Waals surface area contributed by atoms with E-state index in [9.17, 15) is 9.59 Å². The fraction of sp³-hybridized carbons (Fsp3) is 0.364. The average molecular weight is 480 g/mol. The third-order valence-electron chi connectivity index (χ3n) is 5.24. The van der Waals surface area contributed by atoms with Crippen molar-refractivity contribution in [2.75, 3.05) is 25.0 Å². The minimum absolute atomic E-state index is 0.0405. The highest BCUT2D eigenvalue weighted by molar-refractivity contribution is 9.10. The van der Waals surface area contributed by atoms with E-state index in [4.69, 9.17) is 16.3 Å². The van der Waals surface area contributed by atoms with Crippen molar-refractivity contribution in [3.63, 3.8) is 0 Å². The number of hydrogen-bond donors (Lipinski definition) is 1. The highest BCUT2D eigenvalue weighted by Crippen LogP contribution is 2.49. The van der Waals surface area contributed by atoms with Crippen molar-refractivity contribution in [2.24, 2.45) is 0 Å². The number of carbonyl (C=O) groups excluding carboxylic acids is 2. The van der Waals surface area contributed by atoms with Crippen LogP contribution in [0.25, 0.3) is 0 Å². The Morgan fingerprint density at radius 1 is 1.14 bits per heavy atom. The van der Waals surface area contributed by atoms with Crippen molar-refractivity contribution in [2.45, 2.75) is 32.1 Å². The first-order chi connectivity index (χ1) is 13.9. The molecular weight excluding hydrogens is 456 g/mol. The summed E-state index contributed by atoms with van der Waals surface area (Å²) in [6.07, 6.45) is 1.64. The number of benzene rings is 2. The van der Waals surface area contributed by atoms with Gasteiger partial charge in [0.2, 0.25) is 5.91 Å². The van der Waals surface area contributed by atoms with E-state index >= 15 is 0 Å². The molecule has 1 saturated carbocycles. The summed E-state index contributed by atoms with van der Waals surface area (Å²) in [7, 11) is 0. The maximum Gasteiger partial charge on any atom is 0.260 e. The molecule has 0 aromatic heterocycles. The third-order valence-corrected chi connectivity index (χ3v) is 6.06. The minimum atomic E-state index is -0.474. The van der Waals surface area contributed by atoms with Gasteiger partial charge in [0.1, 0.15) is 5.75 Å². The molecule has 0 unspecified atom stereocenters. The normalized spacial score (nSPS) is 14.2. The second-order valence-electron chi connectivity index (χ2n) is 7.04. The molecule has 1 fully saturated rings. The van der Waals surface area contributed by atoms with Crippen LogP contribution in [0, 0.1) is 0 Å². The second-order valence-corrected chi connectivity index (χ2v) is 8.37. The average Bonchev–Trinajstić information content (AvgIpc) is 3.51. The van der Waals surface area contributed by atoms with Crippen LogP contribution in [0.5, 0.6) is 5.75 Å². The van der Waals surface area contributed by atoms with Gasteiger partial charge in [-0.05, 0) is 62.6 Å². The Morgan fingerprint density at radius 3 is 2.34 bits per heavy atom. The summed E-state index contributed by atoms with van der Waals surface area (Å²) < 4.78 is 6.55. The van der Waals surface area contributed by atoms with Gasteiger partial charge in [-0.2, -0.15) is 0 Å². The number of ether oxygens (including phenoxy) is 1. The molecule has 1 aliphatic rings. The van der Waals surface area contributed by atoms with Gasteiger partial charge in [0, 0.05) is 23.2 Å². The topological polar surface area (TPSA) is 58.6 Å². The first-order valence-electron chi connectivity index (χ1n) is 9.67. The molecule has 2 aromatic carbocycles. The van der Waals surface area contributed by atoms with Crippen LogP contribution in [-0.2, 0) is 15.0 Å². The molecule has 0 heterocycles. The number of nitrogens with zero attached hydrogens (tertiary/aromatic N) is 1. The Balaban J connectivity index is 1.64. The first kappa shape index (κ1) is 21.7. The molecule has 3 rings (SSSR count). The van der Waals surface area contributed by atoms with Crippen LogP contribution in [0.15, 0.2) is 46.9 Å². The lowest BCUT2D eigenvalue weighted by Gasteiger charge is -2.19. The van der Waals surface area contributed by atoms with Gasteiger partial charge in [0.05, 0.1) is 10.4 Å². The van der Waals surface area contributed by atoms with Crippen LogP contribution < -0.4 is 10.1 Å². The smallest absolute Gasteiger partial charge is 0.260 e. The quantitative estimate of drug-likeness (QED) is 0.578. The standard InChI is InChI=1S/C22H24BrClN2O3/c1-3-26(4-2)20(27)14-29-19-10-9-17(13-18(19)24)25-21(28)22(11-12-22)15-5-7-16(23)8-6-15/h5-10,13H,3-4,11-12,14H2,1-2H3,(H,25,28). The summed E-state index contributed by atoms with van der Waals surface area (Å²) in [5.41, 5.74) is 1.14. The van der Waals surface area contributed by atoms with Crippen molar-refractivity contribution in [3.05, 3.63) is 57.5 Å². The molecule has 7 heteroatoms. The number of nitrogens with one attached hydrogen (secondary N) is 1. The molecule has 0 aliphatic heterocycles. The molecule has 1 N–H and O–H groups in total. The largest absolute Gasteiger partial charge is 0.482 e. The second kappa shape index (κ2) is 9.18. The Labute approximate surface area is 184 Å². The molecule has 0 bridgehead atoms. The molecular formula is C22H24BrClN2O3. The molecule has 0 radical (unpaired) electrons. The monoisotopic (exact) mass is 478 g/mol. The van der Waals surface area contributed by atoms with Crippen LogP contribution in [0.4, 0.5) is 5.69 Å². The lowest BCUT2D eigenvalue weighted by Crippen LogP contribution is -2.34. The summed E-state index contributed by atoms with van der Waals surface area (Å²) >= 11 is 9.73. The predicted molar refractivity (Wildman–Crippen MR) is 119 cm³/mol. The van der Waals surface area contributed by atoms with Crippen LogP contribution in [-0.4, -0.2) is 36.4 Å². The summed E-state index contributed by atoms with van der Waals surface area (Å²) in [5, 5.41) is 3.31. The lowest BCUT2D eigenvalue weighted by atomic mass is 9.95. The van der Waals surface area contributed by atoms with Crippen LogP contribution in [0.2, 0.25) is 5.02 Å². The molecule has 1 aliphatic carbocycles. The van der Waals surface area contributed by atoms with Crippen molar-refractivity contribution in [3.8, 4) is 5.75 Å². The molecule has 154 valence electrons. The number of halogens is 2. The van der Waals surface area contributed by atoms with E-state index in [1.54, 1.807) is 23.1 Å². The Bertz CT molecular complexity index is 893. The van der Waals surface area contributed by atoms with Gasteiger partial charge in [-0.1, -0.05) is 39.7 Å². The fourth-order valence-electron chi connectivity index (χ4n) is 3.29. The molecule has 29 heavy (non-hydrogen) atoms. The number of anilines is 1. The van der Waals surface area contributed by atoms with E-state index in [-0.39, 0.29) is 18.4 Å². The first-order valence-corrected chi connectivity index (χ1v) is 10.8. The van der Waals surface area contributed by atoms with E-state index in [1.165, 1.54) is 0 Å². The van der Waals surface area contributed by atoms with Gasteiger partial charge in [-0.15, -0.1) is 0 Å². The summed E-state index contributed by atoms with van der Waals surface area (Å²) in [6.45, 7) is 5.05. The summed E-state index contributed by atoms with van der Waals surface area (Å²) in [4.78, 5) is 26.7. The Kier molecular flexibility index (Phi) is 6.85. The summed E-state index contributed by atoms with van der Waals surface area (Å²) in [6, 6.07) is 12.9. The van der Waals surface area contributed by atoms with E-state index < -0.39 is 5.41 Å². The zero-order valence-corrected chi connectivity index (χ0v) is 18.8. The third kappa shape index (κ3) is 4.93. The maximum atomic E-state index is 12.9. The molecule has 5 nitrogen and oxygen atoms in total. The Morgan fingerprint density at radius 2 is 1.79 bits per heavy atom. The van der Waals surface area contributed by atoms with E-state index in [0.29, 0.717) is 29.5 Å². The molecule has 2 amide bonds. The van der Waals surface area contributed by atoms with Crippen molar-refractivity contribution < 1.29 is 14.3 Å².